The number of hydrogen-bond acceptors (Lipinski definition) is 10. The van der Waals surface area contributed by atoms with Crippen molar-refractivity contribution in [2.45, 2.75) is 90.9 Å². The van der Waals surface area contributed by atoms with E-state index in [-0.39, 0.29) is 55.7 Å². The molecule has 0 fully saturated rings. The second-order valence-electron chi connectivity index (χ2n) is 10.2. The van der Waals surface area contributed by atoms with Gasteiger partial charge in [-0.05, 0) is 58.1 Å². The molecule has 41 heavy (non-hydrogen) atoms. The van der Waals surface area contributed by atoms with Gasteiger partial charge < -0.3 is 39.5 Å². The molecule has 1 amide bonds. The highest BCUT2D eigenvalue weighted by Gasteiger charge is 2.35. The SMILES string of the molecule is CCOC(=O)C1=C[C@@H](OC(CC)CC)[C@H](C)[C@@H](NC(=O)COCC(=O)CCCCOCCOCCOCCCN)C1. The second kappa shape index (κ2) is 23.6. The summed E-state index contributed by atoms with van der Waals surface area (Å²) >= 11 is 0. The Morgan fingerprint density at radius 3 is 2.15 bits per heavy atom. The highest BCUT2D eigenvalue weighted by atomic mass is 16.5. The maximum absolute atomic E-state index is 12.6. The summed E-state index contributed by atoms with van der Waals surface area (Å²) in [4.78, 5) is 37.2. The number of unbranched alkanes of at least 4 members (excludes halogenated alkanes) is 1. The minimum Gasteiger partial charge on any atom is -0.463 e. The molecule has 3 N–H and O–H groups in total. The first-order valence-electron chi connectivity index (χ1n) is 15.2. The second-order valence-corrected chi connectivity index (χ2v) is 10.2. The maximum atomic E-state index is 12.6. The molecule has 0 aromatic heterocycles. The molecule has 11 heteroatoms. The number of hydrogen-bond donors (Lipinski definition) is 2. The topological polar surface area (TPSA) is 145 Å². The number of ether oxygens (including phenoxy) is 6. The molecule has 0 radical (unpaired) electrons. The quantitative estimate of drug-likeness (QED) is 0.121. The molecule has 0 unspecified atom stereocenters. The highest BCUT2D eigenvalue weighted by Crippen LogP contribution is 2.29. The van der Waals surface area contributed by atoms with Gasteiger partial charge in [0.2, 0.25) is 5.91 Å². The lowest BCUT2D eigenvalue weighted by Crippen LogP contribution is -2.48. The van der Waals surface area contributed by atoms with Crippen LogP contribution in [-0.4, -0.2) is 102 Å². The Labute approximate surface area is 246 Å². The van der Waals surface area contributed by atoms with Crippen LogP contribution in [0.2, 0.25) is 0 Å². The van der Waals surface area contributed by atoms with Crippen LogP contribution < -0.4 is 11.1 Å². The average Bonchev–Trinajstić information content (AvgIpc) is 2.96. The van der Waals surface area contributed by atoms with Gasteiger partial charge in [-0.3, -0.25) is 9.59 Å². The number of ketones is 1. The number of nitrogens with two attached hydrogens (primary N) is 1. The standard InChI is InChI=1S/C30H54N2O9/c1-5-26(6-2)41-28-20-24(30(35)40-7-3)19-27(23(28)4)32-29(34)22-39-21-25(33)11-8-9-13-36-15-17-38-18-16-37-14-10-12-31/h20,23,26-28H,5-19,21-22,31H2,1-4H3,(H,32,34)/t23-,27+,28-/m1/s1. The molecule has 1 aliphatic carbocycles. The maximum Gasteiger partial charge on any atom is 0.333 e. The number of carbonyl (C=O) groups excluding carboxylic acids is 3. The van der Waals surface area contributed by atoms with Crippen LogP contribution in [0.5, 0.6) is 0 Å². The summed E-state index contributed by atoms with van der Waals surface area (Å²) in [6.07, 6.45) is 6.30. The largest absolute Gasteiger partial charge is 0.463 e. The van der Waals surface area contributed by atoms with E-state index in [2.05, 4.69) is 19.2 Å². The molecular weight excluding hydrogens is 532 g/mol. The van der Waals surface area contributed by atoms with Crippen LogP contribution in [0.1, 0.15) is 72.6 Å². The van der Waals surface area contributed by atoms with Gasteiger partial charge in [-0.15, -0.1) is 0 Å². The molecule has 0 saturated heterocycles. The van der Waals surface area contributed by atoms with Crippen LogP contribution in [0.3, 0.4) is 0 Å². The zero-order valence-electron chi connectivity index (χ0n) is 25.7. The first-order valence-corrected chi connectivity index (χ1v) is 15.2. The number of amides is 1. The fraction of sp³-hybridized carbons (Fsp3) is 0.833. The van der Waals surface area contributed by atoms with Crippen molar-refractivity contribution in [3.63, 3.8) is 0 Å². The van der Waals surface area contributed by atoms with E-state index in [1.165, 1.54) is 0 Å². The third kappa shape index (κ3) is 17.0. The number of esters is 1. The van der Waals surface area contributed by atoms with Crippen molar-refractivity contribution in [1.29, 1.82) is 0 Å². The molecule has 238 valence electrons. The first-order chi connectivity index (χ1) is 19.9. The number of nitrogens with one attached hydrogen (secondary N) is 1. The van der Waals surface area contributed by atoms with E-state index in [4.69, 9.17) is 34.2 Å². The minimum absolute atomic E-state index is 0.0476. The van der Waals surface area contributed by atoms with Gasteiger partial charge in [0.15, 0.2) is 5.78 Å². The molecule has 3 atom stereocenters. The first kappa shape index (κ1) is 37.1. The lowest BCUT2D eigenvalue weighted by atomic mass is 9.83. The molecule has 0 spiro atoms. The van der Waals surface area contributed by atoms with Crippen molar-refractivity contribution >= 4 is 17.7 Å². The van der Waals surface area contributed by atoms with E-state index in [1.54, 1.807) is 6.92 Å². The van der Waals surface area contributed by atoms with E-state index in [9.17, 15) is 14.4 Å². The number of carbonyl (C=O) groups is 3. The Bertz CT molecular complexity index is 758. The van der Waals surface area contributed by atoms with Crippen molar-refractivity contribution in [3.05, 3.63) is 11.6 Å². The van der Waals surface area contributed by atoms with Gasteiger partial charge >= 0.3 is 5.97 Å². The summed E-state index contributed by atoms with van der Waals surface area (Å²) in [5.74, 6) is -0.836. The van der Waals surface area contributed by atoms with Gasteiger partial charge in [0.05, 0.1) is 45.2 Å². The lowest BCUT2D eigenvalue weighted by molar-refractivity contribution is -0.140. The van der Waals surface area contributed by atoms with Gasteiger partial charge in [0.1, 0.15) is 13.2 Å². The zero-order valence-corrected chi connectivity index (χ0v) is 25.7. The van der Waals surface area contributed by atoms with E-state index >= 15 is 0 Å². The van der Waals surface area contributed by atoms with Crippen LogP contribution in [0.15, 0.2) is 11.6 Å². The average molecular weight is 587 g/mol. The molecule has 0 aliphatic heterocycles. The summed E-state index contributed by atoms with van der Waals surface area (Å²) < 4.78 is 33.1. The normalized spacial score (nSPS) is 18.8. The summed E-state index contributed by atoms with van der Waals surface area (Å²) in [6, 6.07) is -0.314. The molecule has 1 rings (SSSR count). The third-order valence-corrected chi connectivity index (χ3v) is 6.83. The summed E-state index contributed by atoms with van der Waals surface area (Å²) in [6.45, 7) is 11.7. The van der Waals surface area contributed by atoms with Crippen molar-refractivity contribution in [2.24, 2.45) is 11.7 Å². The highest BCUT2D eigenvalue weighted by molar-refractivity contribution is 5.89. The molecule has 0 bridgehead atoms. The summed E-state index contributed by atoms with van der Waals surface area (Å²) in [7, 11) is 0. The van der Waals surface area contributed by atoms with Crippen LogP contribution in [-0.2, 0) is 42.8 Å². The van der Waals surface area contributed by atoms with Crippen LogP contribution in [0, 0.1) is 5.92 Å². The fourth-order valence-corrected chi connectivity index (χ4v) is 4.33. The van der Waals surface area contributed by atoms with E-state index < -0.39 is 5.97 Å². The Morgan fingerprint density at radius 1 is 0.902 bits per heavy atom. The monoisotopic (exact) mass is 586 g/mol. The Balaban J connectivity index is 2.26. The Hall–Kier alpha value is -1.89. The lowest BCUT2D eigenvalue weighted by Gasteiger charge is -2.36. The predicted molar refractivity (Wildman–Crippen MR) is 155 cm³/mol. The van der Waals surface area contributed by atoms with Crippen LogP contribution >= 0.6 is 0 Å². The van der Waals surface area contributed by atoms with Crippen molar-refractivity contribution in [2.75, 3.05) is 66.0 Å². The van der Waals surface area contributed by atoms with Crippen molar-refractivity contribution < 1.29 is 42.8 Å². The molecule has 1 aliphatic rings. The Kier molecular flexibility index (Phi) is 21.4. The Morgan fingerprint density at radius 2 is 1.54 bits per heavy atom. The summed E-state index contributed by atoms with van der Waals surface area (Å²) in [5.41, 5.74) is 5.90. The minimum atomic E-state index is -0.391. The number of rotatable bonds is 25. The number of Topliss-reactive ketones (excluding diaryl/α,β-unsaturated/α-hetero) is 1. The van der Waals surface area contributed by atoms with Gasteiger partial charge in [0, 0.05) is 37.2 Å². The predicted octanol–water partition coefficient (Wildman–Crippen LogP) is 2.73. The molecule has 0 heterocycles. The van der Waals surface area contributed by atoms with Crippen molar-refractivity contribution in [3.8, 4) is 0 Å². The summed E-state index contributed by atoms with van der Waals surface area (Å²) in [5, 5.41) is 2.96. The molecule has 0 aromatic rings. The van der Waals surface area contributed by atoms with Crippen molar-refractivity contribution in [1.82, 2.24) is 5.32 Å². The molecule has 0 saturated carbocycles. The van der Waals surface area contributed by atoms with Gasteiger partial charge in [-0.1, -0.05) is 20.8 Å². The third-order valence-electron chi connectivity index (χ3n) is 6.83. The molecule has 0 aromatic carbocycles. The van der Waals surface area contributed by atoms with Crippen LogP contribution in [0.25, 0.3) is 0 Å². The zero-order chi connectivity index (χ0) is 30.3. The van der Waals surface area contributed by atoms with Gasteiger partial charge in [-0.2, -0.15) is 0 Å². The molecular formula is C30H54N2O9. The smallest absolute Gasteiger partial charge is 0.333 e. The van der Waals surface area contributed by atoms with E-state index in [0.717, 1.165) is 25.7 Å². The van der Waals surface area contributed by atoms with E-state index in [1.807, 2.05) is 13.0 Å². The molecule has 11 nitrogen and oxygen atoms in total. The van der Waals surface area contributed by atoms with Gasteiger partial charge in [0.25, 0.3) is 0 Å². The van der Waals surface area contributed by atoms with Gasteiger partial charge in [-0.25, -0.2) is 4.79 Å². The fourth-order valence-electron chi connectivity index (χ4n) is 4.33. The van der Waals surface area contributed by atoms with E-state index in [0.29, 0.717) is 71.0 Å². The van der Waals surface area contributed by atoms with Crippen LogP contribution in [0.4, 0.5) is 0 Å².